The van der Waals surface area contributed by atoms with Gasteiger partial charge < -0.3 is 15.8 Å². The SMILES string of the molecule is CC(C)(N)CC(NC(=O)OC(C)(C)C)c1ccccc1. The molecule has 0 bridgehead atoms. The van der Waals surface area contributed by atoms with Gasteiger partial charge in [-0.05, 0) is 46.6 Å². The molecule has 0 aliphatic heterocycles. The minimum atomic E-state index is -0.510. The Bertz CT molecular complexity index is 430. The number of alkyl carbamates (subject to hydrolysis) is 1. The van der Waals surface area contributed by atoms with E-state index in [1.807, 2.05) is 65.0 Å². The van der Waals surface area contributed by atoms with Crippen LogP contribution in [0.15, 0.2) is 30.3 Å². The lowest BCUT2D eigenvalue weighted by Gasteiger charge is -2.28. The third kappa shape index (κ3) is 6.57. The van der Waals surface area contributed by atoms with Gasteiger partial charge in [0, 0.05) is 5.54 Å². The fraction of sp³-hybridized carbons (Fsp3) is 0.562. The summed E-state index contributed by atoms with van der Waals surface area (Å²) in [6, 6.07) is 9.64. The van der Waals surface area contributed by atoms with E-state index < -0.39 is 11.7 Å². The summed E-state index contributed by atoms with van der Waals surface area (Å²) in [6.07, 6.45) is 0.214. The highest BCUT2D eigenvalue weighted by atomic mass is 16.6. The van der Waals surface area contributed by atoms with Gasteiger partial charge >= 0.3 is 6.09 Å². The molecule has 20 heavy (non-hydrogen) atoms. The number of nitrogens with one attached hydrogen (secondary N) is 1. The lowest BCUT2D eigenvalue weighted by atomic mass is 9.92. The third-order valence-corrected chi connectivity index (χ3v) is 2.62. The van der Waals surface area contributed by atoms with Gasteiger partial charge in [0.2, 0.25) is 0 Å². The summed E-state index contributed by atoms with van der Waals surface area (Å²) < 4.78 is 5.31. The Labute approximate surface area is 121 Å². The third-order valence-electron chi connectivity index (χ3n) is 2.62. The molecule has 1 amide bonds. The van der Waals surface area contributed by atoms with Gasteiger partial charge in [0.05, 0.1) is 6.04 Å². The summed E-state index contributed by atoms with van der Waals surface area (Å²) in [6.45, 7) is 9.42. The molecule has 4 heteroatoms. The molecule has 1 atom stereocenters. The number of carbonyl (C=O) groups is 1. The highest BCUT2D eigenvalue weighted by Crippen LogP contribution is 2.23. The highest BCUT2D eigenvalue weighted by molar-refractivity contribution is 5.68. The Hall–Kier alpha value is -1.55. The molecular weight excluding hydrogens is 252 g/mol. The predicted molar refractivity (Wildman–Crippen MR) is 81.4 cm³/mol. The number of benzene rings is 1. The van der Waals surface area contributed by atoms with Crippen molar-refractivity contribution < 1.29 is 9.53 Å². The molecule has 112 valence electrons. The van der Waals surface area contributed by atoms with E-state index in [0.29, 0.717) is 6.42 Å². The zero-order valence-electron chi connectivity index (χ0n) is 13.1. The molecule has 1 rings (SSSR count). The normalized spacial score (nSPS) is 13.7. The van der Waals surface area contributed by atoms with Crippen LogP contribution in [0.1, 0.15) is 52.6 Å². The van der Waals surface area contributed by atoms with Crippen LogP contribution in [0, 0.1) is 0 Å². The second kappa shape index (κ2) is 6.27. The van der Waals surface area contributed by atoms with Crippen LogP contribution in [0.3, 0.4) is 0 Å². The Balaban J connectivity index is 2.82. The van der Waals surface area contributed by atoms with Crippen LogP contribution in [0.25, 0.3) is 0 Å². The van der Waals surface area contributed by atoms with Crippen LogP contribution in [0.4, 0.5) is 4.79 Å². The lowest BCUT2D eigenvalue weighted by molar-refractivity contribution is 0.0496. The first-order chi connectivity index (χ1) is 9.07. The summed E-state index contributed by atoms with van der Waals surface area (Å²) in [4.78, 5) is 12.0. The number of hydrogen-bond donors (Lipinski definition) is 2. The van der Waals surface area contributed by atoms with Gasteiger partial charge in [0.25, 0.3) is 0 Å². The van der Waals surface area contributed by atoms with Gasteiger partial charge in [-0.1, -0.05) is 30.3 Å². The van der Waals surface area contributed by atoms with Crippen molar-refractivity contribution in [1.82, 2.24) is 5.32 Å². The van der Waals surface area contributed by atoms with Crippen molar-refractivity contribution in [2.45, 2.75) is 58.2 Å². The van der Waals surface area contributed by atoms with Crippen molar-refractivity contribution in [1.29, 1.82) is 0 Å². The summed E-state index contributed by atoms with van der Waals surface area (Å²) in [5.41, 5.74) is 6.22. The van der Waals surface area contributed by atoms with Gasteiger partial charge in [-0.2, -0.15) is 0 Å². The fourth-order valence-electron chi connectivity index (χ4n) is 1.91. The van der Waals surface area contributed by atoms with Crippen molar-refractivity contribution in [2.24, 2.45) is 5.73 Å². The molecular formula is C16H26N2O2. The minimum Gasteiger partial charge on any atom is -0.444 e. The van der Waals surface area contributed by atoms with Crippen LogP contribution in [-0.2, 0) is 4.74 Å². The average molecular weight is 278 g/mol. The van der Waals surface area contributed by atoms with Gasteiger partial charge in [-0.25, -0.2) is 4.79 Å². The standard InChI is InChI=1S/C16H26N2O2/c1-15(2,3)20-14(19)18-13(11-16(4,5)17)12-9-7-6-8-10-12/h6-10,13H,11,17H2,1-5H3,(H,18,19). The molecule has 0 saturated heterocycles. The first-order valence-electron chi connectivity index (χ1n) is 6.90. The molecule has 0 aromatic heterocycles. The first-order valence-corrected chi connectivity index (χ1v) is 6.90. The number of rotatable bonds is 4. The molecule has 1 aromatic rings. The summed E-state index contributed by atoms with van der Waals surface area (Å²) in [5, 5.41) is 2.91. The largest absolute Gasteiger partial charge is 0.444 e. The zero-order chi connectivity index (χ0) is 15.4. The average Bonchev–Trinajstić information content (AvgIpc) is 2.25. The van der Waals surface area contributed by atoms with Crippen molar-refractivity contribution >= 4 is 6.09 Å². The van der Waals surface area contributed by atoms with E-state index in [1.165, 1.54) is 0 Å². The van der Waals surface area contributed by atoms with Gasteiger partial charge in [0.15, 0.2) is 0 Å². The Morgan fingerprint density at radius 2 is 1.75 bits per heavy atom. The van der Waals surface area contributed by atoms with Crippen LogP contribution >= 0.6 is 0 Å². The van der Waals surface area contributed by atoms with E-state index in [4.69, 9.17) is 10.5 Å². The summed E-state index contributed by atoms with van der Waals surface area (Å²) >= 11 is 0. The Morgan fingerprint density at radius 1 is 1.20 bits per heavy atom. The molecule has 0 fully saturated rings. The zero-order valence-corrected chi connectivity index (χ0v) is 13.1. The fourth-order valence-corrected chi connectivity index (χ4v) is 1.91. The van der Waals surface area contributed by atoms with Gasteiger partial charge in [-0.3, -0.25) is 0 Å². The lowest BCUT2D eigenvalue weighted by Crippen LogP contribution is -2.41. The van der Waals surface area contributed by atoms with E-state index >= 15 is 0 Å². The Morgan fingerprint density at radius 3 is 2.20 bits per heavy atom. The first kappa shape index (κ1) is 16.5. The van der Waals surface area contributed by atoms with E-state index in [9.17, 15) is 4.79 Å². The second-order valence-electron chi connectivity index (χ2n) is 6.80. The van der Waals surface area contributed by atoms with Crippen molar-refractivity contribution in [3.8, 4) is 0 Å². The maximum Gasteiger partial charge on any atom is 0.408 e. The quantitative estimate of drug-likeness (QED) is 0.887. The number of carbonyl (C=O) groups excluding carboxylic acids is 1. The maximum absolute atomic E-state index is 12.0. The van der Waals surface area contributed by atoms with E-state index in [1.54, 1.807) is 0 Å². The molecule has 3 N–H and O–H groups in total. The van der Waals surface area contributed by atoms with Gasteiger partial charge in [0.1, 0.15) is 5.60 Å². The Kier molecular flexibility index (Phi) is 5.17. The van der Waals surface area contributed by atoms with Crippen LogP contribution in [-0.4, -0.2) is 17.2 Å². The number of amides is 1. The smallest absolute Gasteiger partial charge is 0.408 e. The maximum atomic E-state index is 12.0. The van der Waals surface area contributed by atoms with Crippen molar-refractivity contribution in [3.63, 3.8) is 0 Å². The minimum absolute atomic E-state index is 0.161. The molecule has 0 radical (unpaired) electrons. The monoisotopic (exact) mass is 278 g/mol. The summed E-state index contributed by atoms with van der Waals surface area (Å²) in [7, 11) is 0. The van der Waals surface area contributed by atoms with Crippen molar-refractivity contribution in [2.75, 3.05) is 0 Å². The van der Waals surface area contributed by atoms with Crippen LogP contribution in [0.2, 0.25) is 0 Å². The molecule has 0 heterocycles. The van der Waals surface area contributed by atoms with E-state index in [0.717, 1.165) is 5.56 Å². The topological polar surface area (TPSA) is 64.3 Å². The van der Waals surface area contributed by atoms with Gasteiger partial charge in [-0.15, -0.1) is 0 Å². The van der Waals surface area contributed by atoms with E-state index in [2.05, 4.69) is 5.32 Å². The molecule has 4 nitrogen and oxygen atoms in total. The number of ether oxygens (including phenoxy) is 1. The molecule has 0 aliphatic rings. The molecule has 0 aliphatic carbocycles. The second-order valence-corrected chi connectivity index (χ2v) is 6.80. The summed E-state index contributed by atoms with van der Waals surface area (Å²) in [5.74, 6) is 0. The highest BCUT2D eigenvalue weighted by Gasteiger charge is 2.24. The number of nitrogens with two attached hydrogens (primary N) is 1. The van der Waals surface area contributed by atoms with Crippen LogP contribution < -0.4 is 11.1 Å². The molecule has 0 saturated carbocycles. The molecule has 1 unspecified atom stereocenters. The number of hydrogen-bond acceptors (Lipinski definition) is 3. The molecule has 1 aromatic carbocycles. The van der Waals surface area contributed by atoms with E-state index in [-0.39, 0.29) is 11.6 Å². The van der Waals surface area contributed by atoms with Crippen LogP contribution in [0.5, 0.6) is 0 Å². The van der Waals surface area contributed by atoms with Crippen molar-refractivity contribution in [3.05, 3.63) is 35.9 Å². The molecule has 0 spiro atoms. The predicted octanol–water partition coefficient (Wildman–Crippen LogP) is 3.38.